The van der Waals surface area contributed by atoms with Crippen LogP contribution in [0.5, 0.6) is 0 Å². The number of halogens is 3. The molecule has 0 fully saturated rings. The van der Waals surface area contributed by atoms with Gasteiger partial charge in [0.1, 0.15) is 11.6 Å². The second-order valence-corrected chi connectivity index (χ2v) is 5.69. The molecular weight excluding hydrogens is 324 g/mol. The van der Waals surface area contributed by atoms with Crippen LogP contribution in [-0.2, 0) is 12.8 Å². The summed E-state index contributed by atoms with van der Waals surface area (Å²) in [7, 11) is 0. The number of hydrogen-bond acceptors (Lipinski definition) is 1. The first-order valence-corrected chi connectivity index (χ1v) is 7.27. The fourth-order valence-corrected chi connectivity index (χ4v) is 2.63. The molecule has 1 atom stereocenters. The molecule has 0 heterocycles. The quantitative estimate of drug-likeness (QED) is 0.872. The first-order chi connectivity index (χ1) is 9.60. The summed E-state index contributed by atoms with van der Waals surface area (Å²) in [6, 6.07) is 11.3. The molecule has 0 amide bonds. The minimum absolute atomic E-state index is 0.0741. The van der Waals surface area contributed by atoms with Crippen LogP contribution in [0.2, 0.25) is 0 Å². The predicted octanol–water partition coefficient (Wildman–Crippen LogP) is 4.09. The second kappa shape index (κ2) is 6.95. The average Bonchev–Trinajstić information content (AvgIpc) is 2.44. The van der Waals surface area contributed by atoms with Crippen molar-refractivity contribution in [1.82, 2.24) is 0 Å². The maximum Gasteiger partial charge on any atom is 0.126 e. The Morgan fingerprint density at radius 2 is 1.70 bits per heavy atom. The van der Waals surface area contributed by atoms with Crippen molar-refractivity contribution in [2.75, 3.05) is 6.54 Å². The Morgan fingerprint density at radius 1 is 1.00 bits per heavy atom. The molecule has 2 rings (SSSR count). The van der Waals surface area contributed by atoms with Crippen LogP contribution in [0, 0.1) is 17.6 Å². The molecule has 2 aromatic carbocycles. The van der Waals surface area contributed by atoms with Gasteiger partial charge < -0.3 is 5.73 Å². The molecule has 0 radical (unpaired) electrons. The Bertz CT molecular complexity index is 586. The summed E-state index contributed by atoms with van der Waals surface area (Å²) >= 11 is 3.41. The Balaban J connectivity index is 2.13. The monoisotopic (exact) mass is 339 g/mol. The van der Waals surface area contributed by atoms with Crippen LogP contribution in [0.1, 0.15) is 11.1 Å². The molecule has 106 valence electrons. The van der Waals surface area contributed by atoms with Gasteiger partial charge in [0.05, 0.1) is 0 Å². The largest absolute Gasteiger partial charge is 0.330 e. The maximum atomic E-state index is 13.7. The minimum Gasteiger partial charge on any atom is -0.330 e. The van der Waals surface area contributed by atoms with E-state index in [1.165, 1.54) is 18.2 Å². The molecule has 0 aromatic heterocycles. The Kier molecular flexibility index (Phi) is 5.26. The topological polar surface area (TPSA) is 26.0 Å². The van der Waals surface area contributed by atoms with Crippen molar-refractivity contribution < 1.29 is 8.78 Å². The first-order valence-electron chi connectivity index (χ1n) is 6.47. The van der Waals surface area contributed by atoms with Crippen molar-refractivity contribution in [3.05, 3.63) is 69.7 Å². The number of hydrogen-bond donors (Lipinski definition) is 1. The molecular formula is C16H16BrF2N. The van der Waals surface area contributed by atoms with Crippen molar-refractivity contribution >= 4 is 15.9 Å². The van der Waals surface area contributed by atoms with Crippen molar-refractivity contribution in [2.45, 2.75) is 12.8 Å². The van der Waals surface area contributed by atoms with E-state index >= 15 is 0 Å². The highest BCUT2D eigenvalue weighted by molar-refractivity contribution is 9.10. The third kappa shape index (κ3) is 3.87. The summed E-state index contributed by atoms with van der Waals surface area (Å²) in [5, 5.41) is 0. The molecule has 1 unspecified atom stereocenters. The maximum absolute atomic E-state index is 13.7. The molecule has 0 bridgehead atoms. The third-order valence-electron chi connectivity index (χ3n) is 3.32. The molecule has 1 nitrogen and oxygen atoms in total. The van der Waals surface area contributed by atoms with Crippen LogP contribution in [0.4, 0.5) is 8.78 Å². The molecule has 0 spiro atoms. The van der Waals surface area contributed by atoms with E-state index in [0.717, 1.165) is 10.0 Å². The second-order valence-electron chi connectivity index (χ2n) is 4.84. The number of benzene rings is 2. The standard InChI is InChI=1S/C16H16BrF2N/c17-15-6-5-14(18)9-13(15)8-11(10-20)7-12-3-1-2-4-16(12)19/h1-6,9,11H,7-8,10,20H2. The predicted molar refractivity (Wildman–Crippen MR) is 80.5 cm³/mol. The summed E-state index contributed by atoms with van der Waals surface area (Å²) in [5.41, 5.74) is 7.28. The summed E-state index contributed by atoms with van der Waals surface area (Å²) in [5.74, 6) is -0.417. The van der Waals surface area contributed by atoms with E-state index in [1.54, 1.807) is 18.2 Å². The molecule has 2 aromatic rings. The zero-order valence-electron chi connectivity index (χ0n) is 11.0. The summed E-state index contributed by atoms with van der Waals surface area (Å²) in [6.45, 7) is 0.428. The van der Waals surface area contributed by atoms with E-state index in [1.807, 2.05) is 6.07 Å². The normalized spacial score (nSPS) is 12.4. The molecule has 0 aliphatic heterocycles. The number of nitrogens with two attached hydrogens (primary N) is 1. The van der Waals surface area contributed by atoms with Gasteiger partial charge in [-0.15, -0.1) is 0 Å². The molecule has 0 aliphatic carbocycles. The van der Waals surface area contributed by atoms with Crippen molar-refractivity contribution in [2.24, 2.45) is 11.7 Å². The van der Waals surface area contributed by atoms with Gasteiger partial charge in [-0.1, -0.05) is 34.1 Å². The average molecular weight is 340 g/mol. The van der Waals surface area contributed by atoms with Gasteiger partial charge >= 0.3 is 0 Å². The van der Waals surface area contributed by atoms with Gasteiger partial charge in [0, 0.05) is 4.47 Å². The van der Waals surface area contributed by atoms with Crippen molar-refractivity contribution in [3.8, 4) is 0 Å². The van der Waals surface area contributed by atoms with E-state index < -0.39 is 0 Å². The zero-order chi connectivity index (χ0) is 14.5. The Morgan fingerprint density at radius 3 is 2.40 bits per heavy atom. The van der Waals surface area contributed by atoms with Crippen LogP contribution < -0.4 is 5.73 Å². The lowest BCUT2D eigenvalue weighted by molar-refractivity contribution is 0.509. The zero-order valence-corrected chi connectivity index (χ0v) is 12.5. The van der Waals surface area contributed by atoms with Crippen LogP contribution in [0.3, 0.4) is 0 Å². The number of rotatable bonds is 5. The lowest BCUT2D eigenvalue weighted by Gasteiger charge is -2.16. The lowest BCUT2D eigenvalue weighted by Crippen LogP contribution is -2.20. The highest BCUT2D eigenvalue weighted by Crippen LogP contribution is 2.23. The first kappa shape index (κ1) is 15.1. The SMILES string of the molecule is NCC(Cc1ccccc1F)Cc1cc(F)ccc1Br. The van der Waals surface area contributed by atoms with Crippen LogP contribution in [0.25, 0.3) is 0 Å². The molecule has 0 aliphatic rings. The Hall–Kier alpha value is -1.26. The van der Waals surface area contributed by atoms with Gasteiger partial charge in [0.15, 0.2) is 0 Å². The summed E-state index contributed by atoms with van der Waals surface area (Å²) in [6.07, 6.45) is 1.16. The van der Waals surface area contributed by atoms with E-state index in [9.17, 15) is 8.78 Å². The highest BCUT2D eigenvalue weighted by atomic mass is 79.9. The fourth-order valence-electron chi connectivity index (χ4n) is 2.22. The van der Waals surface area contributed by atoms with Gasteiger partial charge in [-0.2, -0.15) is 0 Å². The van der Waals surface area contributed by atoms with Gasteiger partial charge in [-0.25, -0.2) is 8.78 Å². The van der Waals surface area contributed by atoms with Crippen molar-refractivity contribution in [3.63, 3.8) is 0 Å². The highest BCUT2D eigenvalue weighted by Gasteiger charge is 2.13. The summed E-state index contributed by atoms with van der Waals surface area (Å²) < 4.78 is 27.8. The molecule has 0 saturated heterocycles. The molecule has 20 heavy (non-hydrogen) atoms. The van der Waals surface area contributed by atoms with E-state index in [0.29, 0.717) is 24.9 Å². The van der Waals surface area contributed by atoms with Gasteiger partial charge in [-0.3, -0.25) is 0 Å². The third-order valence-corrected chi connectivity index (χ3v) is 4.09. The molecule has 4 heteroatoms. The van der Waals surface area contributed by atoms with Gasteiger partial charge in [-0.05, 0) is 60.7 Å². The van der Waals surface area contributed by atoms with Crippen molar-refractivity contribution in [1.29, 1.82) is 0 Å². The van der Waals surface area contributed by atoms with E-state index in [4.69, 9.17) is 5.73 Å². The summed E-state index contributed by atoms with van der Waals surface area (Å²) in [4.78, 5) is 0. The molecule has 0 saturated carbocycles. The van der Waals surface area contributed by atoms with E-state index in [2.05, 4.69) is 15.9 Å². The molecule has 2 N–H and O–H groups in total. The minimum atomic E-state index is -0.273. The van der Waals surface area contributed by atoms with Gasteiger partial charge in [0.25, 0.3) is 0 Å². The van der Waals surface area contributed by atoms with Crippen LogP contribution in [0.15, 0.2) is 46.9 Å². The lowest BCUT2D eigenvalue weighted by atomic mass is 9.92. The van der Waals surface area contributed by atoms with E-state index in [-0.39, 0.29) is 17.6 Å². The fraction of sp³-hybridized carbons (Fsp3) is 0.250. The van der Waals surface area contributed by atoms with Crippen LogP contribution >= 0.6 is 15.9 Å². The smallest absolute Gasteiger partial charge is 0.126 e. The van der Waals surface area contributed by atoms with Gasteiger partial charge in [0.2, 0.25) is 0 Å². The van der Waals surface area contributed by atoms with Crippen LogP contribution in [-0.4, -0.2) is 6.54 Å². The Labute approximate surface area is 125 Å².